The summed E-state index contributed by atoms with van der Waals surface area (Å²) in [4.78, 5) is 12.8. The number of halogens is 3. The van der Waals surface area contributed by atoms with Crippen LogP contribution in [-0.2, 0) is 11.0 Å². The van der Waals surface area contributed by atoms with Gasteiger partial charge in [-0.2, -0.15) is 13.2 Å². The molecule has 1 aromatic carbocycles. The second-order valence-corrected chi connectivity index (χ2v) is 4.24. The number of anilines is 1. The monoisotopic (exact) mass is 275 g/mol. The zero-order valence-electron chi connectivity index (χ0n) is 10.1. The van der Waals surface area contributed by atoms with Crippen LogP contribution in [0.25, 0.3) is 0 Å². The van der Waals surface area contributed by atoms with Crippen LogP contribution in [0.4, 0.5) is 18.9 Å². The van der Waals surface area contributed by atoms with Gasteiger partial charge in [0, 0.05) is 11.8 Å². The Morgan fingerprint density at radius 3 is 2.58 bits per heavy atom. The highest BCUT2D eigenvalue weighted by molar-refractivity contribution is 5.96. The Kier molecular flexibility index (Phi) is 3.40. The zero-order chi connectivity index (χ0) is 14.2. The quantitative estimate of drug-likeness (QED) is 0.895. The van der Waals surface area contributed by atoms with Crippen molar-refractivity contribution in [1.29, 1.82) is 0 Å². The number of benzene rings is 1. The van der Waals surface area contributed by atoms with E-state index in [2.05, 4.69) is 0 Å². The van der Waals surface area contributed by atoms with Crippen LogP contribution in [0, 0.1) is 0 Å². The van der Waals surface area contributed by atoms with E-state index >= 15 is 0 Å². The first-order valence-electron chi connectivity index (χ1n) is 5.56. The van der Waals surface area contributed by atoms with E-state index in [9.17, 15) is 23.1 Å². The van der Waals surface area contributed by atoms with Crippen molar-refractivity contribution in [2.24, 2.45) is 0 Å². The van der Waals surface area contributed by atoms with E-state index in [1.54, 1.807) is 0 Å². The van der Waals surface area contributed by atoms with Crippen LogP contribution in [0.1, 0.15) is 12.0 Å². The van der Waals surface area contributed by atoms with Gasteiger partial charge in [-0.25, -0.2) is 0 Å². The molecule has 1 saturated heterocycles. The average Bonchev–Trinajstić information content (AvgIpc) is 2.66. The summed E-state index contributed by atoms with van der Waals surface area (Å²) >= 11 is 0. The van der Waals surface area contributed by atoms with Crippen molar-refractivity contribution in [3.05, 3.63) is 23.8 Å². The Morgan fingerprint density at radius 1 is 1.42 bits per heavy atom. The normalized spacial score (nSPS) is 19.9. The summed E-state index contributed by atoms with van der Waals surface area (Å²) in [5.74, 6) is -0.673. The maximum atomic E-state index is 12.7. The summed E-state index contributed by atoms with van der Waals surface area (Å²) in [7, 11) is 1.13. The predicted octanol–water partition coefficient (Wildman–Crippen LogP) is 1.81. The molecule has 1 aliphatic rings. The molecule has 0 radical (unpaired) electrons. The van der Waals surface area contributed by atoms with Crippen molar-refractivity contribution in [1.82, 2.24) is 0 Å². The molecule has 104 valence electrons. The van der Waals surface area contributed by atoms with Gasteiger partial charge in [0.15, 0.2) is 0 Å². The first-order valence-corrected chi connectivity index (χ1v) is 5.56. The van der Waals surface area contributed by atoms with Gasteiger partial charge in [0.2, 0.25) is 5.91 Å². The lowest BCUT2D eigenvalue weighted by molar-refractivity contribution is -0.138. The summed E-state index contributed by atoms with van der Waals surface area (Å²) in [6.45, 7) is 0.0767. The number of amides is 1. The number of nitrogens with zero attached hydrogens (tertiary/aromatic N) is 1. The number of ether oxygens (including phenoxy) is 1. The van der Waals surface area contributed by atoms with Crippen molar-refractivity contribution in [2.75, 3.05) is 18.6 Å². The van der Waals surface area contributed by atoms with Crippen LogP contribution in [0.5, 0.6) is 5.75 Å². The molecule has 1 atom stereocenters. The molecule has 1 aromatic rings. The average molecular weight is 275 g/mol. The van der Waals surface area contributed by atoms with Crippen LogP contribution in [0.15, 0.2) is 18.2 Å². The molecule has 1 amide bonds. The molecule has 1 unspecified atom stereocenters. The number of hydrogen-bond acceptors (Lipinski definition) is 3. The van der Waals surface area contributed by atoms with Crippen molar-refractivity contribution < 1.29 is 27.8 Å². The van der Waals surface area contributed by atoms with Crippen LogP contribution in [0.2, 0.25) is 0 Å². The molecule has 2 rings (SSSR count). The van der Waals surface area contributed by atoms with Gasteiger partial charge < -0.3 is 14.7 Å². The fourth-order valence-electron chi connectivity index (χ4n) is 2.02. The van der Waals surface area contributed by atoms with Gasteiger partial charge in [-0.15, -0.1) is 0 Å². The predicted molar refractivity (Wildman–Crippen MR) is 61.0 cm³/mol. The van der Waals surface area contributed by atoms with Crippen LogP contribution in [0.3, 0.4) is 0 Å². The van der Waals surface area contributed by atoms with Crippen molar-refractivity contribution in [3.8, 4) is 5.75 Å². The van der Waals surface area contributed by atoms with Gasteiger partial charge in [0.25, 0.3) is 0 Å². The van der Waals surface area contributed by atoms with Crippen molar-refractivity contribution in [3.63, 3.8) is 0 Å². The molecule has 0 saturated carbocycles. The number of aliphatic hydroxyl groups is 1. The third kappa shape index (κ3) is 2.65. The third-order valence-electron chi connectivity index (χ3n) is 2.91. The van der Waals surface area contributed by atoms with E-state index in [1.165, 1.54) is 11.0 Å². The lowest BCUT2D eigenvalue weighted by atomic mass is 10.1. The minimum Gasteiger partial charge on any atom is -0.496 e. The van der Waals surface area contributed by atoms with E-state index in [1.807, 2.05) is 0 Å². The molecule has 4 nitrogen and oxygen atoms in total. The number of aliphatic hydroxyl groups excluding tert-OH is 1. The van der Waals surface area contributed by atoms with E-state index in [-0.39, 0.29) is 30.3 Å². The van der Waals surface area contributed by atoms with Gasteiger partial charge in [0.05, 0.1) is 31.7 Å². The highest BCUT2D eigenvalue weighted by Crippen LogP contribution is 2.38. The van der Waals surface area contributed by atoms with E-state index in [4.69, 9.17) is 4.74 Å². The molecule has 0 bridgehead atoms. The molecular formula is C12H12F3NO3. The fourth-order valence-corrected chi connectivity index (χ4v) is 2.02. The minimum atomic E-state index is -4.52. The number of rotatable bonds is 2. The van der Waals surface area contributed by atoms with Gasteiger partial charge in [0.1, 0.15) is 5.75 Å². The second-order valence-electron chi connectivity index (χ2n) is 4.24. The number of alkyl halides is 3. The maximum absolute atomic E-state index is 12.7. The number of methoxy groups -OCH3 is 1. The number of hydrogen-bond donors (Lipinski definition) is 1. The third-order valence-corrected chi connectivity index (χ3v) is 2.91. The summed E-state index contributed by atoms with van der Waals surface area (Å²) in [6, 6.07) is 3.21. The lowest BCUT2D eigenvalue weighted by Gasteiger charge is -2.19. The zero-order valence-corrected chi connectivity index (χ0v) is 10.1. The standard InChI is InChI=1S/C12H12F3NO3/c1-19-10-4-7(2-3-9(10)12(13,14)15)16-6-8(17)5-11(16)18/h2-4,8,17H,5-6H2,1H3. The molecule has 1 fully saturated rings. The van der Waals surface area contributed by atoms with Crippen molar-refractivity contribution >= 4 is 11.6 Å². The van der Waals surface area contributed by atoms with Gasteiger partial charge in [-0.05, 0) is 12.1 Å². The molecule has 19 heavy (non-hydrogen) atoms. The topological polar surface area (TPSA) is 49.8 Å². The Balaban J connectivity index is 2.37. The number of β-amino-alcohol motifs (C(OH)–C–C–N with tert-alkyl or cyclic N) is 1. The molecule has 1 heterocycles. The van der Waals surface area contributed by atoms with Crippen molar-refractivity contribution in [2.45, 2.75) is 18.7 Å². The Bertz CT molecular complexity index is 501. The molecule has 7 heteroatoms. The smallest absolute Gasteiger partial charge is 0.419 e. The Labute approximate surface area is 107 Å². The number of carbonyl (C=O) groups is 1. The first-order chi connectivity index (χ1) is 8.82. The molecule has 0 aromatic heterocycles. The van der Waals surface area contributed by atoms with Crippen LogP contribution in [-0.4, -0.2) is 30.8 Å². The lowest BCUT2D eigenvalue weighted by Crippen LogP contribution is -2.25. The highest BCUT2D eigenvalue weighted by atomic mass is 19.4. The Hall–Kier alpha value is -1.76. The molecule has 0 aliphatic carbocycles. The van der Waals surface area contributed by atoms with E-state index < -0.39 is 17.8 Å². The number of carbonyl (C=O) groups excluding carboxylic acids is 1. The first kappa shape index (κ1) is 13.7. The highest BCUT2D eigenvalue weighted by Gasteiger charge is 2.35. The maximum Gasteiger partial charge on any atom is 0.419 e. The van der Waals surface area contributed by atoms with Crippen LogP contribution >= 0.6 is 0 Å². The molecule has 1 N–H and O–H groups in total. The van der Waals surface area contributed by atoms with Gasteiger partial charge in [-0.1, -0.05) is 0 Å². The SMILES string of the molecule is COc1cc(N2CC(O)CC2=O)ccc1C(F)(F)F. The van der Waals surface area contributed by atoms with Gasteiger partial charge >= 0.3 is 6.18 Å². The molecular weight excluding hydrogens is 263 g/mol. The summed E-state index contributed by atoms with van der Waals surface area (Å²) in [5.41, 5.74) is -0.614. The fraction of sp³-hybridized carbons (Fsp3) is 0.417. The molecule has 0 spiro atoms. The second kappa shape index (κ2) is 4.73. The minimum absolute atomic E-state index is 0.0245. The summed E-state index contributed by atoms with van der Waals surface area (Å²) < 4.78 is 42.8. The summed E-state index contributed by atoms with van der Waals surface area (Å²) in [6.07, 6.45) is -5.33. The molecule has 1 aliphatic heterocycles. The van der Waals surface area contributed by atoms with Crippen LogP contribution < -0.4 is 9.64 Å². The Morgan fingerprint density at radius 2 is 2.11 bits per heavy atom. The summed E-state index contributed by atoms with van der Waals surface area (Å²) in [5, 5.41) is 9.37. The van der Waals surface area contributed by atoms with E-state index in [0.717, 1.165) is 19.2 Å². The largest absolute Gasteiger partial charge is 0.496 e. The van der Waals surface area contributed by atoms with Gasteiger partial charge in [-0.3, -0.25) is 4.79 Å². The van der Waals surface area contributed by atoms with E-state index in [0.29, 0.717) is 0 Å².